The summed E-state index contributed by atoms with van der Waals surface area (Å²) >= 11 is 0. The van der Waals surface area contributed by atoms with Gasteiger partial charge >= 0.3 is 5.97 Å². The second kappa shape index (κ2) is 5.13. The summed E-state index contributed by atoms with van der Waals surface area (Å²) in [5.74, 6) is -0.532. The van der Waals surface area contributed by atoms with Crippen LogP contribution < -0.4 is 0 Å². The maximum Gasteiger partial charge on any atom is 0.341 e. The van der Waals surface area contributed by atoms with E-state index in [1.54, 1.807) is 6.07 Å². The molecule has 2 fully saturated rings. The summed E-state index contributed by atoms with van der Waals surface area (Å²) < 4.78 is 22.6. The molecule has 5 rings (SSSR count). The zero-order chi connectivity index (χ0) is 17.3. The Hall–Kier alpha value is -1.76. The second-order valence-corrected chi connectivity index (χ2v) is 7.68. The molecule has 1 aromatic rings. The minimum atomic E-state index is -0.893. The molecule has 4 aliphatic rings. The number of carbonyl (C=O) groups is 2. The molecule has 132 valence electrons. The quantitative estimate of drug-likeness (QED) is 0.606. The van der Waals surface area contributed by atoms with Crippen LogP contribution in [0.3, 0.4) is 0 Å². The van der Waals surface area contributed by atoms with Crippen LogP contribution in [0.25, 0.3) is 0 Å². The fourth-order valence-electron chi connectivity index (χ4n) is 4.27. The van der Waals surface area contributed by atoms with Crippen molar-refractivity contribution in [2.24, 2.45) is 0 Å². The number of carbonyl (C=O) groups excluding carboxylic acids is 2. The standard InChI is InChI=1S/C19H20O6/c1-19(2)10-7-6-9-12(13(10)14(20)15-16(19)24-15)18(25-17(9)21)23-11-5-3-4-8-22-11/h6-7,11,15-16,18H,3-5,8H2,1-2H3. The average Bonchev–Trinajstić information content (AvgIpc) is 3.36. The Bertz CT molecular complexity index is 776. The van der Waals surface area contributed by atoms with Crippen molar-refractivity contribution in [2.75, 3.05) is 6.61 Å². The molecule has 0 amide bonds. The molecule has 3 heterocycles. The molecule has 4 atom stereocenters. The minimum absolute atomic E-state index is 0.0763. The van der Waals surface area contributed by atoms with Crippen molar-refractivity contribution in [3.05, 3.63) is 34.4 Å². The van der Waals surface area contributed by atoms with E-state index < -0.39 is 24.7 Å². The van der Waals surface area contributed by atoms with Crippen molar-refractivity contribution in [2.45, 2.75) is 63.3 Å². The first-order valence-corrected chi connectivity index (χ1v) is 8.83. The lowest BCUT2D eigenvalue weighted by Gasteiger charge is -2.31. The largest absolute Gasteiger partial charge is 0.427 e. The number of epoxide rings is 1. The molecule has 0 N–H and O–H groups in total. The molecule has 2 saturated heterocycles. The van der Waals surface area contributed by atoms with Crippen molar-refractivity contribution >= 4 is 11.8 Å². The molecule has 3 aliphatic heterocycles. The summed E-state index contributed by atoms with van der Waals surface area (Å²) in [5.41, 5.74) is 2.09. The van der Waals surface area contributed by atoms with Gasteiger partial charge in [-0.25, -0.2) is 4.79 Å². The normalized spacial score (nSPS) is 34.8. The highest BCUT2D eigenvalue weighted by Crippen LogP contribution is 2.51. The third kappa shape index (κ3) is 2.14. The van der Waals surface area contributed by atoms with Crippen molar-refractivity contribution in [1.82, 2.24) is 0 Å². The molecule has 0 radical (unpaired) electrons. The van der Waals surface area contributed by atoms with E-state index in [1.165, 1.54) is 0 Å². The number of Topliss-reactive ketones (excluding diaryl/α,β-unsaturated/α-hetero) is 1. The number of hydrogen-bond acceptors (Lipinski definition) is 6. The van der Waals surface area contributed by atoms with E-state index in [9.17, 15) is 9.59 Å². The number of fused-ring (bicyclic) bond motifs is 4. The van der Waals surface area contributed by atoms with E-state index in [2.05, 4.69) is 13.8 Å². The first-order valence-electron chi connectivity index (χ1n) is 8.83. The molecule has 0 spiro atoms. The van der Waals surface area contributed by atoms with Crippen LogP contribution in [0.2, 0.25) is 0 Å². The Balaban J connectivity index is 1.59. The SMILES string of the molecule is CC1(C)c2ccc3c(c2C(=O)C2OC21)C(OC1CCCCO1)OC3=O. The van der Waals surface area contributed by atoms with Gasteiger partial charge in [-0.15, -0.1) is 0 Å². The number of esters is 1. The summed E-state index contributed by atoms with van der Waals surface area (Å²) in [5, 5.41) is 0. The smallest absolute Gasteiger partial charge is 0.341 e. The number of rotatable bonds is 2. The van der Waals surface area contributed by atoms with Gasteiger partial charge in [0.05, 0.1) is 5.56 Å². The highest BCUT2D eigenvalue weighted by atomic mass is 16.8. The van der Waals surface area contributed by atoms with Crippen molar-refractivity contribution < 1.29 is 28.5 Å². The van der Waals surface area contributed by atoms with E-state index in [4.69, 9.17) is 18.9 Å². The lowest BCUT2D eigenvalue weighted by Crippen LogP contribution is -2.37. The fraction of sp³-hybridized carbons (Fsp3) is 0.579. The molecule has 25 heavy (non-hydrogen) atoms. The highest BCUT2D eigenvalue weighted by molar-refractivity contribution is 6.09. The van der Waals surface area contributed by atoms with Crippen LogP contribution in [0, 0.1) is 0 Å². The molecule has 1 aliphatic carbocycles. The fourth-order valence-corrected chi connectivity index (χ4v) is 4.27. The Morgan fingerprint density at radius 2 is 2.04 bits per heavy atom. The highest BCUT2D eigenvalue weighted by Gasteiger charge is 2.60. The lowest BCUT2D eigenvalue weighted by molar-refractivity contribution is -0.239. The Morgan fingerprint density at radius 1 is 1.20 bits per heavy atom. The third-order valence-corrected chi connectivity index (χ3v) is 5.73. The minimum Gasteiger partial charge on any atom is -0.427 e. The first kappa shape index (κ1) is 15.5. The van der Waals surface area contributed by atoms with Crippen molar-refractivity contribution in [1.29, 1.82) is 0 Å². The lowest BCUT2D eigenvalue weighted by atomic mass is 9.70. The molecule has 0 bridgehead atoms. The Morgan fingerprint density at radius 3 is 2.80 bits per heavy atom. The monoisotopic (exact) mass is 344 g/mol. The van der Waals surface area contributed by atoms with Gasteiger partial charge in [-0.2, -0.15) is 0 Å². The van der Waals surface area contributed by atoms with Gasteiger partial charge in [0, 0.05) is 23.1 Å². The van der Waals surface area contributed by atoms with E-state index in [-0.39, 0.29) is 17.3 Å². The molecular weight excluding hydrogens is 324 g/mol. The van der Waals surface area contributed by atoms with E-state index in [1.807, 2.05) is 6.07 Å². The molecule has 0 saturated carbocycles. The zero-order valence-corrected chi connectivity index (χ0v) is 14.2. The van der Waals surface area contributed by atoms with Gasteiger partial charge in [0.1, 0.15) is 12.2 Å². The molecule has 0 aromatic heterocycles. The van der Waals surface area contributed by atoms with Crippen LogP contribution >= 0.6 is 0 Å². The summed E-state index contributed by atoms with van der Waals surface area (Å²) in [7, 11) is 0. The number of ketones is 1. The van der Waals surface area contributed by atoms with Gasteiger partial charge in [-0.05, 0) is 30.9 Å². The van der Waals surface area contributed by atoms with Crippen molar-refractivity contribution in [3.8, 4) is 0 Å². The third-order valence-electron chi connectivity index (χ3n) is 5.73. The van der Waals surface area contributed by atoms with Gasteiger partial charge in [0.25, 0.3) is 0 Å². The van der Waals surface area contributed by atoms with Crippen molar-refractivity contribution in [3.63, 3.8) is 0 Å². The van der Waals surface area contributed by atoms with Crippen LogP contribution in [-0.2, 0) is 24.4 Å². The predicted octanol–water partition coefficient (Wildman–Crippen LogP) is 2.64. The van der Waals surface area contributed by atoms with E-state index in [0.29, 0.717) is 23.3 Å². The van der Waals surface area contributed by atoms with Gasteiger partial charge in [0.15, 0.2) is 12.1 Å². The first-order chi connectivity index (χ1) is 12.0. The van der Waals surface area contributed by atoms with Gasteiger partial charge in [-0.1, -0.05) is 19.9 Å². The predicted molar refractivity (Wildman–Crippen MR) is 85.3 cm³/mol. The van der Waals surface area contributed by atoms with Gasteiger partial charge < -0.3 is 18.9 Å². The van der Waals surface area contributed by atoms with Crippen LogP contribution in [0.5, 0.6) is 0 Å². The number of ether oxygens (including phenoxy) is 4. The number of cyclic esters (lactones) is 1. The van der Waals surface area contributed by atoms with Gasteiger partial charge in [0.2, 0.25) is 6.29 Å². The Labute approximate surface area is 145 Å². The maximum atomic E-state index is 12.9. The molecule has 6 heteroatoms. The maximum absolute atomic E-state index is 12.9. The summed E-state index contributed by atoms with van der Waals surface area (Å²) in [6.07, 6.45) is 0.949. The average molecular weight is 344 g/mol. The van der Waals surface area contributed by atoms with Gasteiger partial charge in [-0.3, -0.25) is 4.79 Å². The summed E-state index contributed by atoms with van der Waals surface area (Å²) in [4.78, 5) is 25.1. The van der Waals surface area contributed by atoms with Crippen LogP contribution in [0.1, 0.15) is 71.2 Å². The molecule has 6 nitrogen and oxygen atoms in total. The topological polar surface area (TPSA) is 74.4 Å². The molecule has 4 unspecified atom stereocenters. The summed E-state index contributed by atoms with van der Waals surface area (Å²) in [6.45, 7) is 4.76. The Kier molecular flexibility index (Phi) is 3.18. The molecule has 1 aromatic carbocycles. The van der Waals surface area contributed by atoms with Crippen LogP contribution in [0.4, 0.5) is 0 Å². The molecular formula is C19H20O6. The number of benzene rings is 1. The van der Waals surface area contributed by atoms with Crippen LogP contribution in [0.15, 0.2) is 12.1 Å². The van der Waals surface area contributed by atoms with E-state index in [0.717, 1.165) is 24.8 Å². The second-order valence-electron chi connectivity index (χ2n) is 7.68. The van der Waals surface area contributed by atoms with E-state index >= 15 is 0 Å². The number of hydrogen-bond donors (Lipinski definition) is 0. The van der Waals surface area contributed by atoms with Crippen LogP contribution in [-0.4, -0.2) is 36.9 Å². The zero-order valence-electron chi connectivity index (χ0n) is 14.2. The summed E-state index contributed by atoms with van der Waals surface area (Å²) in [6, 6.07) is 3.59.